The zero-order valence-electron chi connectivity index (χ0n) is 15.4. The molecule has 0 saturated carbocycles. The highest BCUT2D eigenvalue weighted by atomic mass is 14.7. The average Bonchev–Trinajstić information content (AvgIpc) is 2.64. The van der Waals surface area contributed by atoms with Crippen LogP contribution in [0.3, 0.4) is 0 Å². The first-order valence-electron chi connectivity index (χ1n) is 8.66. The van der Waals surface area contributed by atoms with Crippen molar-refractivity contribution >= 4 is 5.71 Å². The Labute approximate surface area is 130 Å². The van der Waals surface area contributed by atoms with Gasteiger partial charge in [0.2, 0.25) is 0 Å². The van der Waals surface area contributed by atoms with Gasteiger partial charge in [-0.1, -0.05) is 66.7 Å². The lowest BCUT2D eigenvalue weighted by atomic mass is 10.0. The van der Waals surface area contributed by atoms with Crippen LogP contribution in [0, 0.1) is 0 Å². The van der Waals surface area contributed by atoms with Crippen LogP contribution in [0.1, 0.15) is 22.2 Å². The highest BCUT2D eigenvalue weighted by Gasteiger charge is 2.05. The van der Waals surface area contributed by atoms with E-state index in [0.29, 0.717) is 0 Å². The second-order valence-corrected chi connectivity index (χ2v) is 4.46. The summed E-state index contributed by atoms with van der Waals surface area (Å²) in [6.07, 6.45) is -0.524. The van der Waals surface area contributed by atoms with Crippen LogP contribution in [0.25, 0.3) is 0 Å². The molecule has 0 fully saturated rings. The molecule has 0 N–H and O–H groups in total. The van der Waals surface area contributed by atoms with Gasteiger partial charge in [0.05, 0.1) is 17.7 Å². The molecule has 0 aliphatic carbocycles. The monoisotopic (exact) mass is 276 g/mol. The number of hydrogen-bond acceptors (Lipinski definition) is 2. The van der Waals surface area contributed by atoms with Crippen LogP contribution in [-0.2, 0) is 6.54 Å². The smallest absolute Gasteiger partial charge is 0.0843 e. The highest BCUT2D eigenvalue weighted by Crippen LogP contribution is 2.12. The van der Waals surface area contributed by atoms with Gasteiger partial charge in [-0.25, -0.2) is 0 Å². The summed E-state index contributed by atoms with van der Waals surface area (Å²) in [5, 5.41) is 0. The number of nitrogens with zero attached hydrogens (tertiary/aromatic N) is 2. The fourth-order valence-corrected chi connectivity index (χ4v) is 2.03. The maximum atomic E-state index is 7.99. The van der Waals surface area contributed by atoms with Crippen molar-refractivity contribution in [2.24, 2.45) is 4.99 Å². The molecule has 3 rings (SSSR count). The fraction of sp³-hybridized carbons (Fsp3) is 0.0526. The Kier molecular flexibility index (Phi) is 2.91. The predicted octanol–water partition coefficient (Wildman–Crippen LogP) is 4.12. The lowest BCUT2D eigenvalue weighted by Gasteiger charge is -2.07. The summed E-state index contributed by atoms with van der Waals surface area (Å²) in [5.41, 5.74) is 2.87. The molecule has 0 bridgehead atoms. The molecule has 102 valence electrons. The quantitative estimate of drug-likeness (QED) is 0.658. The molecular weight excluding hydrogens is 256 g/mol. The molecule has 0 aliphatic heterocycles. The maximum absolute atomic E-state index is 7.99. The summed E-state index contributed by atoms with van der Waals surface area (Å²) in [4.78, 5) is 8.33. The van der Waals surface area contributed by atoms with Gasteiger partial charge in [-0.3, -0.25) is 9.98 Å². The van der Waals surface area contributed by atoms with Crippen LogP contribution in [0.5, 0.6) is 0 Å². The Morgan fingerprint density at radius 3 is 2.19 bits per heavy atom. The van der Waals surface area contributed by atoms with Gasteiger partial charge >= 0.3 is 0 Å². The molecule has 2 nitrogen and oxygen atoms in total. The molecular formula is C19H16N2. The molecule has 0 unspecified atom stereocenters. The fourth-order valence-electron chi connectivity index (χ4n) is 2.03. The van der Waals surface area contributed by atoms with E-state index in [1.807, 2.05) is 60.7 Å². The Hall–Kier alpha value is -2.74. The topological polar surface area (TPSA) is 25.2 Å². The summed E-state index contributed by atoms with van der Waals surface area (Å²) in [5.74, 6) is 0. The molecule has 21 heavy (non-hydrogen) atoms. The standard InChI is InChI=1S/C19H16N2/c1-3-9-17(10-4-1)19(18-11-5-2-6-12-18)21-15-16-8-7-13-20-14-16/h1-14H,15H2/i7D,8D,13D,14D. The van der Waals surface area contributed by atoms with Crippen molar-refractivity contribution in [2.45, 2.75) is 6.54 Å². The van der Waals surface area contributed by atoms with Crippen molar-refractivity contribution in [3.8, 4) is 0 Å². The van der Waals surface area contributed by atoms with Crippen LogP contribution < -0.4 is 0 Å². The predicted molar refractivity (Wildman–Crippen MR) is 86.5 cm³/mol. The molecule has 1 aromatic heterocycles. The van der Waals surface area contributed by atoms with Crippen molar-refractivity contribution in [2.75, 3.05) is 0 Å². The van der Waals surface area contributed by atoms with Crippen LogP contribution in [-0.4, -0.2) is 10.7 Å². The first-order valence-corrected chi connectivity index (χ1v) is 6.66. The first kappa shape index (κ1) is 9.24. The Morgan fingerprint density at radius 2 is 1.57 bits per heavy atom. The molecule has 0 radical (unpaired) electrons. The molecule has 0 atom stereocenters. The molecule has 0 spiro atoms. The molecule has 1 heterocycles. The minimum Gasteiger partial charge on any atom is -0.279 e. The summed E-state index contributed by atoms with van der Waals surface area (Å²) in [7, 11) is 0. The van der Waals surface area contributed by atoms with Gasteiger partial charge in [-0.05, 0) is 11.6 Å². The normalized spacial score (nSPS) is 12.8. The molecule has 0 saturated heterocycles. The average molecular weight is 276 g/mol. The molecule has 2 aromatic carbocycles. The first-order chi connectivity index (χ1) is 12.1. The van der Waals surface area contributed by atoms with Gasteiger partial charge in [-0.15, -0.1) is 0 Å². The zero-order chi connectivity index (χ0) is 17.8. The van der Waals surface area contributed by atoms with Crippen molar-refractivity contribution < 1.29 is 5.48 Å². The lowest BCUT2D eigenvalue weighted by molar-refractivity contribution is 1.04. The summed E-state index contributed by atoms with van der Waals surface area (Å²) >= 11 is 0. The zero-order valence-corrected chi connectivity index (χ0v) is 11.4. The van der Waals surface area contributed by atoms with E-state index in [-0.39, 0.29) is 36.5 Å². The van der Waals surface area contributed by atoms with Crippen molar-refractivity contribution in [3.63, 3.8) is 0 Å². The second-order valence-electron chi connectivity index (χ2n) is 4.46. The van der Waals surface area contributed by atoms with Crippen molar-refractivity contribution in [1.82, 2.24) is 4.98 Å². The number of aliphatic imine (C=N–C) groups is 1. The SMILES string of the molecule is [2H]c1nc([2H])c(CN=C(c2ccccc2)c2ccccc2)c([2H])c1[2H]. The summed E-state index contributed by atoms with van der Waals surface area (Å²) in [6, 6.07) is 19.0. The highest BCUT2D eigenvalue weighted by molar-refractivity contribution is 6.12. The number of benzene rings is 2. The summed E-state index contributed by atoms with van der Waals surface area (Å²) in [6.45, 7) is 0.0654. The number of aromatic nitrogens is 1. The van der Waals surface area contributed by atoms with E-state index in [1.165, 1.54) is 0 Å². The minimum absolute atomic E-state index is 0.0654. The third kappa shape index (κ3) is 3.42. The number of pyridine rings is 1. The van der Waals surface area contributed by atoms with E-state index in [0.717, 1.165) is 16.8 Å². The molecule has 3 aromatic rings. The minimum atomic E-state index is -0.353. The molecule has 0 aliphatic rings. The van der Waals surface area contributed by atoms with Gasteiger partial charge < -0.3 is 0 Å². The second kappa shape index (κ2) is 6.62. The number of rotatable bonds is 4. The third-order valence-electron chi connectivity index (χ3n) is 3.01. The van der Waals surface area contributed by atoms with E-state index < -0.39 is 0 Å². The maximum Gasteiger partial charge on any atom is 0.0843 e. The number of hydrogen-bond donors (Lipinski definition) is 0. The van der Waals surface area contributed by atoms with E-state index >= 15 is 0 Å². The van der Waals surface area contributed by atoms with Crippen molar-refractivity contribution in [1.29, 1.82) is 0 Å². The summed E-state index contributed by atoms with van der Waals surface area (Å²) < 4.78 is 31.1. The van der Waals surface area contributed by atoms with Gasteiger partial charge in [0, 0.05) is 23.5 Å². The lowest BCUT2D eigenvalue weighted by Crippen LogP contribution is -2.04. The molecule has 2 heteroatoms. The van der Waals surface area contributed by atoms with Crippen LogP contribution in [0.2, 0.25) is 0 Å². The Bertz CT molecular complexity index is 868. The van der Waals surface area contributed by atoms with Crippen LogP contribution in [0.4, 0.5) is 0 Å². The Morgan fingerprint density at radius 1 is 0.952 bits per heavy atom. The van der Waals surface area contributed by atoms with E-state index in [9.17, 15) is 0 Å². The largest absolute Gasteiger partial charge is 0.279 e. The van der Waals surface area contributed by atoms with Crippen LogP contribution in [0.15, 0.2) is 90.1 Å². The Balaban J connectivity index is 2.05. The van der Waals surface area contributed by atoms with E-state index in [4.69, 9.17) is 5.48 Å². The van der Waals surface area contributed by atoms with E-state index in [1.54, 1.807) is 0 Å². The van der Waals surface area contributed by atoms with Gasteiger partial charge in [0.15, 0.2) is 0 Å². The van der Waals surface area contributed by atoms with Crippen molar-refractivity contribution in [3.05, 3.63) is 102 Å². The van der Waals surface area contributed by atoms with Gasteiger partial charge in [-0.2, -0.15) is 0 Å². The van der Waals surface area contributed by atoms with Gasteiger partial charge in [0.1, 0.15) is 0 Å². The van der Waals surface area contributed by atoms with E-state index in [2.05, 4.69) is 9.98 Å². The van der Waals surface area contributed by atoms with Gasteiger partial charge in [0.25, 0.3) is 0 Å². The third-order valence-corrected chi connectivity index (χ3v) is 3.01. The molecule has 0 amide bonds. The van der Waals surface area contributed by atoms with Crippen LogP contribution >= 0.6 is 0 Å².